The minimum Gasteiger partial charge on any atom is -0.355 e. The highest BCUT2D eigenvalue weighted by molar-refractivity contribution is 7.92. The monoisotopic (exact) mass is 535 g/mol. The predicted molar refractivity (Wildman–Crippen MR) is 152 cm³/mol. The van der Waals surface area contributed by atoms with Crippen LogP contribution >= 0.6 is 0 Å². The molecule has 0 aliphatic carbocycles. The number of para-hydroxylation sites is 1. The normalized spacial score (nSPS) is 12.0. The molecule has 0 fully saturated rings. The Balaban J connectivity index is 2.05. The van der Waals surface area contributed by atoms with Crippen molar-refractivity contribution in [3.05, 3.63) is 101 Å². The van der Waals surface area contributed by atoms with Gasteiger partial charge >= 0.3 is 0 Å². The number of hydrogen-bond donors (Lipinski definition) is 1. The average molecular weight is 536 g/mol. The smallest absolute Gasteiger partial charge is 0.244 e. The molecule has 8 heteroatoms. The Hall–Kier alpha value is -3.65. The van der Waals surface area contributed by atoms with Crippen LogP contribution in [0.25, 0.3) is 0 Å². The first-order chi connectivity index (χ1) is 18.1. The van der Waals surface area contributed by atoms with Gasteiger partial charge in [0.2, 0.25) is 21.8 Å². The lowest BCUT2D eigenvalue weighted by molar-refractivity contribution is -0.140. The number of nitrogens with zero attached hydrogens (tertiary/aromatic N) is 2. The van der Waals surface area contributed by atoms with Crippen LogP contribution in [0.5, 0.6) is 0 Å². The lowest BCUT2D eigenvalue weighted by Gasteiger charge is -2.34. The Bertz CT molecular complexity index is 1330. The van der Waals surface area contributed by atoms with Gasteiger partial charge in [-0.05, 0) is 43.0 Å². The number of carbonyl (C=O) groups excluding carboxylic acids is 2. The number of hydrogen-bond acceptors (Lipinski definition) is 4. The van der Waals surface area contributed by atoms with E-state index >= 15 is 0 Å². The van der Waals surface area contributed by atoms with Crippen LogP contribution in [0.2, 0.25) is 0 Å². The van der Waals surface area contributed by atoms with E-state index in [0.717, 1.165) is 32.8 Å². The number of benzene rings is 3. The Morgan fingerprint density at radius 3 is 2.11 bits per heavy atom. The summed E-state index contributed by atoms with van der Waals surface area (Å²) < 4.78 is 27.0. The fourth-order valence-corrected chi connectivity index (χ4v) is 5.26. The van der Waals surface area contributed by atoms with Crippen LogP contribution in [0.1, 0.15) is 36.1 Å². The first kappa shape index (κ1) is 28.9. The predicted octanol–water partition coefficient (Wildman–Crippen LogP) is 4.10. The number of carbonyl (C=O) groups is 2. The van der Waals surface area contributed by atoms with E-state index in [0.29, 0.717) is 25.1 Å². The molecule has 0 aliphatic rings. The summed E-state index contributed by atoms with van der Waals surface area (Å²) in [5, 5.41) is 2.86. The SMILES string of the molecule is CCNC(=O)C(Cc1ccccc1)N(Cc1ccc(C)cc1)C(=O)CN(c1ccccc1CC)S(C)(=O)=O. The van der Waals surface area contributed by atoms with Gasteiger partial charge in [-0.2, -0.15) is 0 Å². The Kier molecular flexibility index (Phi) is 10.1. The second kappa shape index (κ2) is 13.2. The summed E-state index contributed by atoms with van der Waals surface area (Å²) in [4.78, 5) is 28.9. The molecule has 1 unspecified atom stereocenters. The van der Waals surface area contributed by atoms with Crippen molar-refractivity contribution >= 4 is 27.5 Å². The summed E-state index contributed by atoms with van der Waals surface area (Å²) in [6.45, 7) is 5.92. The molecule has 2 amide bonds. The van der Waals surface area contributed by atoms with E-state index < -0.39 is 28.5 Å². The fraction of sp³-hybridized carbons (Fsp3) is 0.333. The van der Waals surface area contributed by atoms with Gasteiger partial charge in [0.25, 0.3) is 0 Å². The zero-order valence-electron chi connectivity index (χ0n) is 22.6. The molecule has 0 aromatic heterocycles. The third kappa shape index (κ3) is 7.68. The molecular weight excluding hydrogens is 498 g/mol. The van der Waals surface area contributed by atoms with Crippen molar-refractivity contribution < 1.29 is 18.0 Å². The van der Waals surface area contributed by atoms with Gasteiger partial charge in [-0.15, -0.1) is 0 Å². The molecule has 0 spiro atoms. The minimum absolute atomic E-state index is 0.167. The van der Waals surface area contributed by atoms with Gasteiger partial charge in [-0.25, -0.2) is 8.42 Å². The van der Waals surface area contributed by atoms with Crippen LogP contribution in [-0.2, 0) is 39.0 Å². The van der Waals surface area contributed by atoms with Crippen molar-refractivity contribution in [3.63, 3.8) is 0 Å². The second-order valence-corrected chi connectivity index (χ2v) is 11.3. The van der Waals surface area contributed by atoms with E-state index in [1.165, 1.54) is 4.90 Å². The van der Waals surface area contributed by atoms with Crippen LogP contribution in [0.4, 0.5) is 5.69 Å². The summed E-state index contributed by atoms with van der Waals surface area (Å²) in [6.07, 6.45) is 2.01. The van der Waals surface area contributed by atoms with Crippen LogP contribution in [-0.4, -0.2) is 50.5 Å². The fourth-order valence-electron chi connectivity index (χ4n) is 4.38. The maximum Gasteiger partial charge on any atom is 0.244 e. The van der Waals surface area contributed by atoms with Gasteiger partial charge in [0, 0.05) is 19.5 Å². The van der Waals surface area contributed by atoms with Crippen molar-refractivity contribution in [2.45, 2.75) is 46.2 Å². The Morgan fingerprint density at radius 1 is 0.868 bits per heavy atom. The summed E-state index contributed by atoms with van der Waals surface area (Å²) in [5.74, 6) is -0.731. The van der Waals surface area contributed by atoms with E-state index in [4.69, 9.17) is 0 Å². The number of nitrogens with one attached hydrogen (secondary N) is 1. The van der Waals surface area contributed by atoms with Gasteiger partial charge in [0.15, 0.2) is 0 Å². The number of sulfonamides is 1. The van der Waals surface area contributed by atoms with Crippen LogP contribution in [0, 0.1) is 6.92 Å². The molecule has 0 heterocycles. The number of anilines is 1. The first-order valence-corrected chi connectivity index (χ1v) is 14.7. The summed E-state index contributed by atoms with van der Waals surface area (Å²) in [6, 6.07) is 23.6. The molecule has 202 valence electrons. The highest BCUT2D eigenvalue weighted by Gasteiger charge is 2.33. The summed E-state index contributed by atoms with van der Waals surface area (Å²) in [7, 11) is -3.79. The van der Waals surface area contributed by atoms with E-state index in [9.17, 15) is 18.0 Å². The van der Waals surface area contributed by atoms with Gasteiger partial charge < -0.3 is 10.2 Å². The van der Waals surface area contributed by atoms with Crippen molar-refractivity contribution in [2.24, 2.45) is 0 Å². The maximum atomic E-state index is 14.0. The second-order valence-electron chi connectivity index (χ2n) is 9.36. The van der Waals surface area contributed by atoms with Crippen molar-refractivity contribution in [1.29, 1.82) is 0 Å². The summed E-state index contributed by atoms with van der Waals surface area (Å²) in [5.41, 5.74) is 4.13. The average Bonchev–Trinajstić information content (AvgIpc) is 2.90. The molecule has 0 radical (unpaired) electrons. The van der Waals surface area contributed by atoms with Crippen molar-refractivity contribution in [3.8, 4) is 0 Å². The molecule has 0 aliphatic heterocycles. The molecule has 1 atom stereocenters. The topological polar surface area (TPSA) is 86.8 Å². The van der Waals surface area contributed by atoms with E-state index in [-0.39, 0.29) is 12.5 Å². The van der Waals surface area contributed by atoms with Gasteiger partial charge in [0.1, 0.15) is 12.6 Å². The molecule has 0 saturated carbocycles. The largest absolute Gasteiger partial charge is 0.355 e. The first-order valence-electron chi connectivity index (χ1n) is 12.9. The zero-order valence-corrected chi connectivity index (χ0v) is 23.4. The molecule has 3 aromatic rings. The van der Waals surface area contributed by atoms with Crippen molar-refractivity contribution in [1.82, 2.24) is 10.2 Å². The Morgan fingerprint density at radius 2 is 1.50 bits per heavy atom. The van der Waals surface area contributed by atoms with Crippen LogP contribution < -0.4 is 9.62 Å². The molecule has 0 bridgehead atoms. The standard InChI is InChI=1S/C30H37N3O4S/c1-5-26-14-10-11-15-27(26)33(38(4,36)37)22-29(34)32(21-25-18-16-23(3)17-19-25)28(30(35)31-6-2)20-24-12-8-7-9-13-24/h7-19,28H,5-6,20-22H2,1-4H3,(H,31,35). The van der Waals surface area contributed by atoms with Crippen LogP contribution in [0.15, 0.2) is 78.9 Å². The highest BCUT2D eigenvalue weighted by atomic mass is 32.2. The number of amides is 2. The van der Waals surface area contributed by atoms with Gasteiger partial charge in [-0.1, -0.05) is 85.3 Å². The minimum atomic E-state index is -3.79. The van der Waals surface area contributed by atoms with Gasteiger partial charge in [0.05, 0.1) is 11.9 Å². The molecule has 3 rings (SSSR count). The maximum absolute atomic E-state index is 14.0. The number of likely N-dealkylation sites (N-methyl/N-ethyl adjacent to an activating group) is 1. The quantitative estimate of drug-likeness (QED) is 0.378. The lowest BCUT2D eigenvalue weighted by Crippen LogP contribution is -2.53. The third-order valence-corrected chi connectivity index (χ3v) is 7.54. The summed E-state index contributed by atoms with van der Waals surface area (Å²) >= 11 is 0. The van der Waals surface area contributed by atoms with E-state index in [1.807, 2.05) is 87.5 Å². The zero-order chi connectivity index (χ0) is 27.7. The molecular formula is C30H37N3O4S. The van der Waals surface area contributed by atoms with Gasteiger partial charge in [-0.3, -0.25) is 13.9 Å². The molecule has 1 N–H and O–H groups in total. The Labute approximate surface area is 226 Å². The molecule has 7 nitrogen and oxygen atoms in total. The van der Waals surface area contributed by atoms with Crippen LogP contribution in [0.3, 0.4) is 0 Å². The number of aryl methyl sites for hydroxylation is 2. The molecule has 0 saturated heterocycles. The van der Waals surface area contributed by atoms with E-state index in [1.54, 1.807) is 12.1 Å². The lowest BCUT2D eigenvalue weighted by atomic mass is 10.0. The third-order valence-electron chi connectivity index (χ3n) is 6.42. The van der Waals surface area contributed by atoms with E-state index in [2.05, 4.69) is 5.32 Å². The molecule has 38 heavy (non-hydrogen) atoms. The molecule has 3 aromatic carbocycles. The highest BCUT2D eigenvalue weighted by Crippen LogP contribution is 2.24. The number of rotatable bonds is 12. The van der Waals surface area contributed by atoms with Crippen molar-refractivity contribution in [2.75, 3.05) is 23.7 Å².